The Morgan fingerprint density at radius 2 is 2.11 bits per heavy atom. The predicted octanol–water partition coefficient (Wildman–Crippen LogP) is 1.55. The molecule has 1 fully saturated rings. The monoisotopic (exact) mass is 375 g/mol. The highest BCUT2D eigenvalue weighted by Crippen LogP contribution is 2.38. The van der Waals surface area contributed by atoms with Crippen LogP contribution in [0.4, 0.5) is 10.1 Å². The number of nitrogens with one attached hydrogen (secondary N) is 5. The van der Waals surface area contributed by atoms with Crippen molar-refractivity contribution in [2.45, 2.75) is 50.9 Å². The van der Waals surface area contributed by atoms with Gasteiger partial charge in [0.05, 0.1) is 12.8 Å². The summed E-state index contributed by atoms with van der Waals surface area (Å²) < 4.78 is 20.2. The lowest BCUT2D eigenvalue weighted by Crippen LogP contribution is -2.69. The molecule has 0 radical (unpaired) electrons. The third-order valence-corrected chi connectivity index (χ3v) is 5.62. The second-order valence-corrected chi connectivity index (χ2v) is 7.56. The lowest BCUT2D eigenvalue weighted by Gasteiger charge is -2.39. The second kappa shape index (κ2) is 8.14. The van der Waals surface area contributed by atoms with E-state index in [0.29, 0.717) is 0 Å². The Hall–Kier alpha value is -1.67. The molecule has 0 amide bonds. The van der Waals surface area contributed by atoms with Gasteiger partial charge < -0.3 is 20.7 Å². The van der Waals surface area contributed by atoms with Crippen molar-refractivity contribution in [3.63, 3.8) is 0 Å². The SMILES string of the molecule is CNC1NC(Nc2cc3c(c(C4=CCNCCC4)c2)OCC3)NC(C)C1F. The molecule has 6 nitrogen and oxygen atoms in total. The number of alkyl halides is 1. The van der Waals surface area contributed by atoms with Crippen molar-refractivity contribution in [2.75, 3.05) is 32.1 Å². The van der Waals surface area contributed by atoms with Crippen LogP contribution in [-0.2, 0) is 6.42 Å². The van der Waals surface area contributed by atoms with Crippen LogP contribution in [0.15, 0.2) is 18.2 Å². The van der Waals surface area contributed by atoms with E-state index in [1.54, 1.807) is 7.05 Å². The van der Waals surface area contributed by atoms with E-state index in [-0.39, 0.29) is 18.5 Å². The second-order valence-electron chi connectivity index (χ2n) is 7.56. The Bertz CT molecular complexity index is 710. The fraction of sp³-hybridized carbons (Fsp3) is 0.600. The van der Waals surface area contributed by atoms with Crippen molar-refractivity contribution < 1.29 is 9.13 Å². The van der Waals surface area contributed by atoms with Gasteiger partial charge >= 0.3 is 0 Å². The molecule has 0 aliphatic carbocycles. The van der Waals surface area contributed by atoms with Crippen molar-refractivity contribution in [1.82, 2.24) is 21.3 Å². The molecule has 0 spiro atoms. The predicted molar refractivity (Wildman–Crippen MR) is 107 cm³/mol. The lowest BCUT2D eigenvalue weighted by atomic mass is 9.96. The van der Waals surface area contributed by atoms with Crippen LogP contribution in [-0.4, -0.2) is 51.4 Å². The van der Waals surface area contributed by atoms with E-state index in [9.17, 15) is 4.39 Å². The number of benzene rings is 1. The summed E-state index contributed by atoms with van der Waals surface area (Å²) in [5.41, 5.74) is 4.80. The molecule has 4 unspecified atom stereocenters. The molecule has 7 heteroatoms. The third kappa shape index (κ3) is 3.96. The molecule has 0 aromatic heterocycles. The topological polar surface area (TPSA) is 69.4 Å². The van der Waals surface area contributed by atoms with Crippen molar-refractivity contribution >= 4 is 11.3 Å². The van der Waals surface area contributed by atoms with Crippen LogP contribution >= 0.6 is 0 Å². The van der Waals surface area contributed by atoms with E-state index >= 15 is 0 Å². The minimum atomic E-state index is -0.985. The van der Waals surface area contributed by atoms with Gasteiger partial charge in [0, 0.05) is 35.8 Å². The Morgan fingerprint density at radius 3 is 2.96 bits per heavy atom. The molecule has 1 aromatic carbocycles. The first-order valence-electron chi connectivity index (χ1n) is 9.95. The number of fused-ring (bicyclic) bond motifs is 1. The fourth-order valence-corrected chi connectivity index (χ4v) is 4.13. The van der Waals surface area contributed by atoms with Gasteiger partial charge in [-0.2, -0.15) is 0 Å². The summed E-state index contributed by atoms with van der Waals surface area (Å²) in [6.07, 6.45) is 3.81. The molecule has 0 saturated carbocycles. The number of rotatable bonds is 4. The maximum Gasteiger partial charge on any atom is 0.144 e. The summed E-state index contributed by atoms with van der Waals surface area (Å²) in [5.74, 6) is 1.03. The van der Waals surface area contributed by atoms with Gasteiger partial charge in [0.15, 0.2) is 0 Å². The highest BCUT2D eigenvalue weighted by molar-refractivity contribution is 5.76. The maximum absolute atomic E-state index is 14.2. The number of ether oxygens (including phenoxy) is 1. The van der Waals surface area contributed by atoms with Crippen LogP contribution in [0, 0.1) is 0 Å². The van der Waals surface area contributed by atoms with Crippen LogP contribution in [0.2, 0.25) is 0 Å². The third-order valence-electron chi connectivity index (χ3n) is 5.62. The molecule has 3 heterocycles. The van der Waals surface area contributed by atoms with Crippen LogP contribution < -0.4 is 31.3 Å². The average molecular weight is 375 g/mol. The molecule has 1 saturated heterocycles. The molecule has 0 bridgehead atoms. The van der Waals surface area contributed by atoms with Gasteiger partial charge in [-0.3, -0.25) is 10.6 Å². The van der Waals surface area contributed by atoms with Crippen LogP contribution in [0.25, 0.3) is 5.57 Å². The minimum Gasteiger partial charge on any atom is -0.492 e. The van der Waals surface area contributed by atoms with E-state index in [4.69, 9.17) is 4.74 Å². The van der Waals surface area contributed by atoms with Gasteiger partial charge in [0.1, 0.15) is 18.2 Å². The summed E-state index contributed by atoms with van der Waals surface area (Å²) >= 11 is 0. The number of hydrogen-bond acceptors (Lipinski definition) is 6. The highest BCUT2D eigenvalue weighted by atomic mass is 19.1. The molecule has 3 aliphatic rings. The summed E-state index contributed by atoms with van der Waals surface area (Å²) in [6.45, 7) is 4.55. The standard InChI is InChI=1S/C20H30FN5O/c1-12-17(21)19(22-2)26-20(24-12)25-15-10-14-6-9-27-18(14)16(11-15)13-4-3-7-23-8-5-13/h5,10-12,17,19-20,22-26H,3-4,6-9H2,1-2H3. The molecule has 3 aliphatic heterocycles. The van der Waals surface area contributed by atoms with E-state index in [1.165, 1.54) is 16.7 Å². The molecule has 27 heavy (non-hydrogen) atoms. The van der Waals surface area contributed by atoms with Gasteiger partial charge in [-0.15, -0.1) is 0 Å². The molecule has 148 valence electrons. The molecule has 4 rings (SSSR count). The Morgan fingerprint density at radius 1 is 1.22 bits per heavy atom. The van der Waals surface area contributed by atoms with Crippen LogP contribution in [0.3, 0.4) is 0 Å². The fourth-order valence-electron chi connectivity index (χ4n) is 4.13. The lowest BCUT2D eigenvalue weighted by molar-refractivity contribution is 0.116. The zero-order chi connectivity index (χ0) is 18.8. The number of hydrogen-bond donors (Lipinski definition) is 5. The van der Waals surface area contributed by atoms with Gasteiger partial charge in [0.25, 0.3) is 0 Å². The van der Waals surface area contributed by atoms with Gasteiger partial charge in [0.2, 0.25) is 0 Å². The normalized spacial score (nSPS) is 30.9. The zero-order valence-corrected chi connectivity index (χ0v) is 16.1. The number of anilines is 1. The summed E-state index contributed by atoms with van der Waals surface area (Å²) in [7, 11) is 1.77. The summed E-state index contributed by atoms with van der Waals surface area (Å²) in [5, 5.41) is 16.4. The van der Waals surface area contributed by atoms with Crippen molar-refractivity contribution in [3.05, 3.63) is 29.3 Å². The van der Waals surface area contributed by atoms with Gasteiger partial charge in [-0.25, -0.2) is 4.39 Å². The Labute approximate surface area is 160 Å². The first-order chi connectivity index (χ1) is 13.2. The molecule has 5 N–H and O–H groups in total. The van der Waals surface area contributed by atoms with Crippen LogP contribution in [0.5, 0.6) is 5.75 Å². The van der Waals surface area contributed by atoms with Crippen molar-refractivity contribution in [2.24, 2.45) is 0 Å². The van der Waals surface area contributed by atoms with E-state index in [0.717, 1.165) is 50.4 Å². The molecule has 1 aromatic rings. The molecule has 4 atom stereocenters. The zero-order valence-electron chi connectivity index (χ0n) is 16.1. The number of allylic oxidation sites excluding steroid dienone is 1. The largest absolute Gasteiger partial charge is 0.492 e. The average Bonchev–Trinajstić information content (AvgIpc) is 2.96. The highest BCUT2D eigenvalue weighted by Gasteiger charge is 2.34. The molecular formula is C20H30FN5O. The van der Waals surface area contributed by atoms with Crippen molar-refractivity contribution in [1.29, 1.82) is 0 Å². The van der Waals surface area contributed by atoms with Crippen LogP contribution in [0.1, 0.15) is 30.9 Å². The minimum absolute atomic E-state index is 0.206. The summed E-state index contributed by atoms with van der Waals surface area (Å²) in [6, 6.07) is 4.09. The van der Waals surface area contributed by atoms with Crippen molar-refractivity contribution in [3.8, 4) is 5.75 Å². The van der Waals surface area contributed by atoms with E-state index < -0.39 is 6.17 Å². The van der Waals surface area contributed by atoms with E-state index in [2.05, 4.69) is 44.8 Å². The van der Waals surface area contributed by atoms with Gasteiger partial charge in [-0.1, -0.05) is 6.08 Å². The maximum atomic E-state index is 14.2. The van der Waals surface area contributed by atoms with Gasteiger partial charge in [-0.05, 0) is 51.1 Å². The Balaban J connectivity index is 1.58. The molecular weight excluding hydrogens is 345 g/mol. The Kier molecular flexibility index (Phi) is 5.63. The summed E-state index contributed by atoms with van der Waals surface area (Å²) in [4.78, 5) is 0. The first-order valence-corrected chi connectivity index (χ1v) is 9.95. The quantitative estimate of drug-likeness (QED) is 0.550. The smallest absolute Gasteiger partial charge is 0.144 e. The van der Waals surface area contributed by atoms with E-state index in [1.807, 2.05) is 6.92 Å². The first kappa shape index (κ1) is 18.7. The number of halogens is 1.